The number of ketones is 1. The number of carbonyl (C=O) groups is 2. The number of hydrogen-bond donors (Lipinski definition) is 1. The van der Waals surface area contributed by atoms with Crippen molar-refractivity contribution < 1.29 is 28.9 Å². The SMILES string of the molecule is COCc1cc2c(cc1C(=O)C(=O)O)OCCO2. The number of carboxylic acid groups (broad SMARTS) is 1. The molecule has 96 valence electrons. The van der Waals surface area contributed by atoms with Crippen LogP contribution in [-0.2, 0) is 16.1 Å². The summed E-state index contributed by atoms with van der Waals surface area (Å²) in [5.74, 6) is -1.62. The molecule has 0 spiro atoms. The molecular weight excluding hydrogens is 240 g/mol. The highest BCUT2D eigenvalue weighted by molar-refractivity contribution is 6.40. The first-order valence-corrected chi connectivity index (χ1v) is 5.32. The number of methoxy groups -OCH3 is 1. The van der Waals surface area contributed by atoms with Crippen molar-refractivity contribution in [2.45, 2.75) is 6.61 Å². The van der Waals surface area contributed by atoms with Gasteiger partial charge in [0.15, 0.2) is 11.5 Å². The topological polar surface area (TPSA) is 82.1 Å². The lowest BCUT2D eigenvalue weighted by Crippen LogP contribution is -2.19. The van der Waals surface area contributed by atoms with E-state index in [0.717, 1.165) is 0 Å². The molecule has 6 nitrogen and oxygen atoms in total. The van der Waals surface area contributed by atoms with Crippen LogP contribution in [0.1, 0.15) is 15.9 Å². The van der Waals surface area contributed by atoms with Gasteiger partial charge in [-0.3, -0.25) is 4.79 Å². The van der Waals surface area contributed by atoms with Crippen LogP contribution in [0.2, 0.25) is 0 Å². The van der Waals surface area contributed by atoms with Gasteiger partial charge in [0.1, 0.15) is 13.2 Å². The Morgan fingerprint density at radius 2 is 1.89 bits per heavy atom. The van der Waals surface area contributed by atoms with Gasteiger partial charge >= 0.3 is 5.97 Å². The molecule has 0 atom stereocenters. The van der Waals surface area contributed by atoms with Gasteiger partial charge in [-0.25, -0.2) is 4.79 Å². The monoisotopic (exact) mass is 252 g/mol. The Labute approximate surface area is 103 Å². The minimum absolute atomic E-state index is 0.0635. The van der Waals surface area contributed by atoms with Gasteiger partial charge in [0.25, 0.3) is 5.78 Å². The largest absolute Gasteiger partial charge is 0.486 e. The van der Waals surface area contributed by atoms with Crippen molar-refractivity contribution in [2.24, 2.45) is 0 Å². The minimum Gasteiger partial charge on any atom is -0.486 e. The highest BCUT2D eigenvalue weighted by Gasteiger charge is 2.23. The van der Waals surface area contributed by atoms with Crippen LogP contribution in [0.5, 0.6) is 11.5 Å². The van der Waals surface area contributed by atoms with E-state index in [2.05, 4.69) is 0 Å². The van der Waals surface area contributed by atoms with E-state index >= 15 is 0 Å². The smallest absolute Gasteiger partial charge is 0.377 e. The molecule has 0 saturated heterocycles. The molecule has 0 aromatic heterocycles. The number of ether oxygens (including phenoxy) is 3. The van der Waals surface area contributed by atoms with Crippen LogP contribution in [0.4, 0.5) is 0 Å². The first-order valence-electron chi connectivity index (χ1n) is 5.32. The quantitative estimate of drug-likeness (QED) is 0.632. The Morgan fingerprint density at radius 1 is 1.28 bits per heavy atom. The standard InChI is InChI=1S/C12H12O6/c1-16-6-7-4-9-10(18-3-2-17-9)5-8(7)11(13)12(14)15/h4-5H,2-3,6H2,1H3,(H,14,15). The van der Waals surface area contributed by atoms with E-state index in [9.17, 15) is 9.59 Å². The Kier molecular flexibility index (Phi) is 3.47. The predicted octanol–water partition coefficient (Wildman–Crippen LogP) is 0.871. The Balaban J connectivity index is 2.48. The van der Waals surface area contributed by atoms with Gasteiger partial charge in [0, 0.05) is 12.7 Å². The minimum atomic E-state index is -1.51. The molecule has 1 aliphatic rings. The number of carbonyl (C=O) groups excluding carboxylic acids is 1. The third-order valence-corrected chi connectivity index (χ3v) is 2.51. The van der Waals surface area contributed by atoms with Crippen molar-refractivity contribution in [1.29, 1.82) is 0 Å². The van der Waals surface area contributed by atoms with Crippen molar-refractivity contribution in [3.63, 3.8) is 0 Å². The summed E-state index contributed by atoms with van der Waals surface area (Å²) >= 11 is 0. The maximum absolute atomic E-state index is 11.6. The third-order valence-electron chi connectivity index (χ3n) is 2.51. The highest BCUT2D eigenvalue weighted by Crippen LogP contribution is 2.33. The molecule has 0 aliphatic carbocycles. The van der Waals surface area contributed by atoms with E-state index in [1.165, 1.54) is 13.2 Å². The lowest BCUT2D eigenvalue weighted by molar-refractivity contribution is -0.131. The molecule has 0 radical (unpaired) electrons. The fraction of sp³-hybridized carbons (Fsp3) is 0.333. The van der Waals surface area contributed by atoms with Crippen LogP contribution in [0.3, 0.4) is 0 Å². The molecule has 0 bridgehead atoms. The second-order valence-corrected chi connectivity index (χ2v) is 3.72. The van der Waals surface area contributed by atoms with Crippen molar-refractivity contribution in [3.05, 3.63) is 23.3 Å². The molecule has 18 heavy (non-hydrogen) atoms. The zero-order valence-corrected chi connectivity index (χ0v) is 9.76. The number of aliphatic carboxylic acids is 1. The first kappa shape index (κ1) is 12.4. The molecule has 0 saturated carbocycles. The summed E-state index contributed by atoms with van der Waals surface area (Å²) in [6.45, 7) is 0.925. The summed E-state index contributed by atoms with van der Waals surface area (Å²) in [5.41, 5.74) is 0.530. The second kappa shape index (κ2) is 5.05. The van der Waals surface area contributed by atoms with E-state index in [1.807, 2.05) is 0 Å². The van der Waals surface area contributed by atoms with Gasteiger partial charge in [0.2, 0.25) is 0 Å². The van der Waals surface area contributed by atoms with Crippen molar-refractivity contribution >= 4 is 11.8 Å². The van der Waals surface area contributed by atoms with Gasteiger partial charge in [-0.15, -0.1) is 0 Å². The molecular formula is C12H12O6. The maximum Gasteiger partial charge on any atom is 0.377 e. The normalized spacial score (nSPS) is 13.2. The number of Topliss-reactive ketones (excluding diaryl/α,β-unsaturated/α-hetero) is 1. The molecule has 1 aliphatic heterocycles. The first-order chi connectivity index (χ1) is 8.63. The molecule has 1 heterocycles. The molecule has 1 aromatic carbocycles. The molecule has 0 amide bonds. The summed E-state index contributed by atoms with van der Waals surface area (Å²) in [6.07, 6.45) is 0. The lowest BCUT2D eigenvalue weighted by atomic mass is 10.0. The van der Waals surface area contributed by atoms with Crippen molar-refractivity contribution in [3.8, 4) is 11.5 Å². The van der Waals surface area contributed by atoms with E-state index in [0.29, 0.717) is 30.3 Å². The van der Waals surface area contributed by atoms with Crippen molar-refractivity contribution in [2.75, 3.05) is 20.3 Å². The van der Waals surface area contributed by atoms with Crippen molar-refractivity contribution in [1.82, 2.24) is 0 Å². The average Bonchev–Trinajstić information content (AvgIpc) is 2.37. The van der Waals surface area contributed by atoms with E-state index in [1.54, 1.807) is 6.07 Å². The average molecular weight is 252 g/mol. The predicted molar refractivity (Wildman–Crippen MR) is 60.1 cm³/mol. The third kappa shape index (κ3) is 2.28. The van der Waals surface area contributed by atoms with Crippen LogP contribution >= 0.6 is 0 Å². The van der Waals surface area contributed by atoms with Crippen LogP contribution in [0.25, 0.3) is 0 Å². The van der Waals surface area contributed by atoms with Gasteiger partial charge < -0.3 is 19.3 Å². The zero-order chi connectivity index (χ0) is 13.1. The second-order valence-electron chi connectivity index (χ2n) is 3.72. The summed E-state index contributed by atoms with van der Waals surface area (Å²) in [5, 5.41) is 8.77. The molecule has 2 rings (SSSR count). The Hall–Kier alpha value is -2.08. The molecule has 0 fully saturated rings. The van der Waals surface area contributed by atoms with Crippen LogP contribution in [0, 0.1) is 0 Å². The summed E-state index contributed by atoms with van der Waals surface area (Å²) in [4.78, 5) is 22.3. The molecule has 0 unspecified atom stereocenters. The summed E-state index contributed by atoms with van der Waals surface area (Å²) in [7, 11) is 1.46. The van der Waals surface area contributed by atoms with Gasteiger partial charge in [-0.2, -0.15) is 0 Å². The molecule has 1 aromatic rings. The lowest BCUT2D eigenvalue weighted by Gasteiger charge is -2.20. The number of benzene rings is 1. The van der Waals surface area contributed by atoms with E-state index in [-0.39, 0.29) is 12.2 Å². The number of hydrogen-bond acceptors (Lipinski definition) is 5. The Morgan fingerprint density at radius 3 is 2.44 bits per heavy atom. The van der Waals surface area contributed by atoms with Gasteiger partial charge in [-0.05, 0) is 17.7 Å². The van der Waals surface area contributed by atoms with Crippen LogP contribution in [0.15, 0.2) is 12.1 Å². The van der Waals surface area contributed by atoms with E-state index in [4.69, 9.17) is 19.3 Å². The van der Waals surface area contributed by atoms with E-state index < -0.39 is 11.8 Å². The fourth-order valence-corrected chi connectivity index (χ4v) is 1.73. The van der Waals surface area contributed by atoms with Gasteiger partial charge in [0.05, 0.1) is 6.61 Å². The number of rotatable bonds is 4. The molecule has 1 N–H and O–H groups in total. The zero-order valence-electron chi connectivity index (χ0n) is 9.76. The maximum atomic E-state index is 11.6. The fourth-order valence-electron chi connectivity index (χ4n) is 1.73. The van der Waals surface area contributed by atoms with Crippen LogP contribution < -0.4 is 9.47 Å². The Bertz CT molecular complexity index is 494. The summed E-state index contributed by atoms with van der Waals surface area (Å²) in [6, 6.07) is 2.97. The van der Waals surface area contributed by atoms with Gasteiger partial charge in [-0.1, -0.05) is 0 Å². The summed E-state index contributed by atoms with van der Waals surface area (Å²) < 4.78 is 15.6. The highest BCUT2D eigenvalue weighted by atomic mass is 16.6. The molecule has 6 heteroatoms. The number of fused-ring (bicyclic) bond motifs is 1. The van der Waals surface area contributed by atoms with Crippen LogP contribution in [-0.4, -0.2) is 37.2 Å². The number of carboxylic acids is 1.